The summed E-state index contributed by atoms with van der Waals surface area (Å²) in [5.74, 6) is 0. The third-order valence-corrected chi connectivity index (χ3v) is 8.11. The zero-order valence-corrected chi connectivity index (χ0v) is 22.9. The van der Waals surface area contributed by atoms with Crippen LogP contribution in [0.2, 0.25) is 0 Å². The molecule has 4 heterocycles. The van der Waals surface area contributed by atoms with Gasteiger partial charge >= 0.3 is 11.4 Å². The van der Waals surface area contributed by atoms with E-state index in [1.807, 2.05) is 53.2 Å². The molecule has 0 bridgehead atoms. The van der Waals surface area contributed by atoms with Gasteiger partial charge in [0.1, 0.15) is 0 Å². The molecule has 3 N–H and O–H groups in total. The second-order valence-corrected chi connectivity index (χ2v) is 10.8. The number of benzene rings is 3. The first-order valence-corrected chi connectivity index (χ1v) is 14.1. The fraction of sp³-hybridized carbons (Fsp3) is 0.250. The first-order chi connectivity index (χ1) is 20.0. The summed E-state index contributed by atoms with van der Waals surface area (Å²) in [6, 6.07) is 22.6. The van der Waals surface area contributed by atoms with E-state index in [2.05, 4.69) is 51.0 Å². The molecule has 0 amide bonds. The number of hydrogen-bond donors (Lipinski definition) is 3. The highest BCUT2D eigenvalue weighted by Gasteiger charge is 2.22. The molecular formula is C32H31N7O2. The topological polar surface area (TPSA) is 115 Å². The summed E-state index contributed by atoms with van der Waals surface area (Å²) in [5, 5.41) is 0. The van der Waals surface area contributed by atoms with Gasteiger partial charge in [-0.25, -0.2) is 19.6 Å². The van der Waals surface area contributed by atoms with Crippen LogP contribution in [0.15, 0.2) is 82.5 Å². The minimum absolute atomic E-state index is 0.00774. The summed E-state index contributed by atoms with van der Waals surface area (Å²) in [4.78, 5) is 45.3. The van der Waals surface area contributed by atoms with Crippen LogP contribution >= 0.6 is 0 Å². The van der Waals surface area contributed by atoms with Gasteiger partial charge in [0.2, 0.25) is 0 Å². The third-order valence-electron chi connectivity index (χ3n) is 8.11. The lowest BCUT2D eigenvalue weighted by Gasteiger charge is -2.32. The first-order valence-electron chi connectivity index (χ1n) is 14.1. The number of nitrogens with one attached hydrogen (secondary N) is 3. The SMILES string of the molecule is CCc1cn(C2CCN(Cc3ccc(-c4nc5cc6[nH]c(=O)[nH]c6cc5nc4-c4ccccc4)cc3)CC2)c(=O)[nH]1. The molecule has 0 radical (unpaired) electrons. The van der Waals surface area contributed by atoms with Crippen LogP contribution in [-0.4, -0.2) is 47.5 Å². The highest BCUT2D eigenvalue weighted by Crippen LogP contribution is 2.32. The minimum Gasteiger partial charge on any atom is -0.310 e. The van der Waals surface area contributed by atoms with Gasteiger partial charge in [-0.2, -0.15) is 0 Å². The Balaban J connectivity index is 1.14. The predicted molar refractivity (Wildman–Crippen MR) is 161 cm³/mol. The van der Waals surface area contributed by atoms with Crippen molar-refractivity contribution in [1.82, 2.24) is 34.4 Å². The van der Waals surface area contributed by atoms with Crippen molar-refractivity contribution >= 4 is 22.1 Å². The molecule has 0 atom stereocenters. The number of hydrogen-bond acceptors (Lipinski definition) is 5. The Morgan fingerprint density at radius 2 is 1.41 bits per heavy atom. The minimum atomic E-state index is -0.248. The lowest BCUT2D eigenvalue weighted by molar-refractivity contribution is 0.178. The van der Waals surface area contributed by atoms with E-state index in [-0.39, 0.29) is 17.4 Å². The standard InChI is InChI=1S/C32H31N7O2/c1-2-23-19-39(32(41)33-23)24-12-14-38(15-13-24)18-20-8-10-22(11-9-20)30-29(21-6-4-3-5-7-21)34-25-16-27-28(17-26(25)35-30)37-31(40)36-27/h3-11,16-17,19,24H,2,12-15,18H2,1H3,(H,33,41)(H2,36,37,40). The van der Waals surface area contributed by atoms with Gasteiger partial charge in [0, 0.05) is 48.7 Å². The average molecular weight is 546 g/mol. The Morgan fingerprint density at radius 1 is 0.805 bits per heavy atom. The lowest BCUT2D eigenvalue weighted by Crippen LogP contribution is -2.36. The Morgan fingerprint density at radius 3 is 2.00 bits per heavy atom. The molecule has 1 aliphatic rings. The smallest absolute Gasteiger partial charge is 0.310 e. The largest absolute Gasteiger partial charge is 0.325 e. The van der Waals surface area contributed by atoms with Crippen molar-refractivity contribution < 1.29 is 0 Å². The molecular weight excluding hydrogens is 514 g/mol. The van der Waals surface area contributed by atoms with Gasteiger partial charge in [-0.1, -0.05) is 61.5 Å². The average Bonchev–Trinajstić information content (AvgIpc) is 3.57. The zero-order valence-electron chi connectivity index (χ0n) is 22.9. The summed E-state index contributed by atoms with van der Waals surface area (Å²) in [6.45, 7) is 4.83. The summed E-state index contributed by atoms with van der Waals surface area (Å²) >= 11 is 0. The highest BCUT2D eigenvalue weighted by molar-refractivity contribution is 5.94. The maximum absolute atomic E-state index is 12.3. The van der Waals surface area contributed by atoms with E-state index in [0.29, 0.717) is 11.0 Å². The molecule has 9 heteroatoms. The van der Waals surface area contributed by atoms with Crippen molar-refractivity contribution in [3.63, 3.8) is 0 Å². The van der Waals surface area contributed by atoms with Gasteiger partial charge in [0.25, 0.3) is 0 Å². The molecule has 0 spiro atoms. The van der Waals surface area contributed by atoms with Gasteiger partial charge in [-0.3, -0.25) is 9.47 Å². The molecule has 206 valence electrons. The van der Waals surface area contributed by atoms with E-state index < -0.39 is 0 Å². The zero-order chi connectivity index (χ0) is 27.9. The molecule has 1 aliphatic heterocycles. The third kappa shape index (κ3) is 4.89. The maximum atomic E-state index is 12.3. The van der Waals surface area contributed by atoms with Crippen molar-refractivity contribution in [2.45, 2.75) is 38.8 Å². The van der Waals surface area contributed by atoms with Crippen molar-refractivity contribution in [2.75, 3.05) is 13.1 Å². The summed E-state index contributed by atoms with van der Waals surface area (Å²) in [7, 11) is 0. The van der Waals surface area contributed by atoms with Gasteiger partial charge in [-0.05, 0) is 37.0 Å². The summed E-state index contributed by atoms with van der Waals surface area (Å²) < 4.78 is 1.89. The van der Waals surface area contributed by atoms with Crippen LogP contribution in [-0.2, 0) is 13.0 Å². The number of likely N-dealkylation sites (tertiary alicyclic amines) is 1. The molecule has 6 aromatic rings. The van der Waals surface area contributed by atoms with Crippen LogP contribution in [0.1, 0.15) is 37.1 Å². The molecule has 0 aliphatic carbocycles. The van der Waals surface area contributed by atoms with Crippen LogP contribution < -0.4 is 11.4 Å². The Bertz CT molecular complexity index is 1960. The van der Waals surface area contributed by atoms with Gasteiger partial charge < -0.3 is 15.0 Å². The number of aryl methyl sites for hydroxylation is 1. The number of imidazole rings is 2. The number of aromatic amines is 3. The van der Waals surface area contributed by atoms with E-state index in [1.54, 1.807) is 0 Å². The normalized spacial score (nSPS) is 14.8. The molecule has 0 saturated carbocycles. The van der Waals surface area contributed by atoms with Gasteiger partial charge in [0.15, 0.2) is 0 Å². The quantitative estimate of drug-likeness (QED) is 0.272. The number of H-pyrrole nitrogens is 3. The van der Waals surface area contributed by atoms with Crippen molar-refractivity contribution in [2.24, 2.45) is 0 Å². The molecule has 1 fully saturated rings. The monoisotopic (exact) mass is 545 g/mol. The fourth-order valence-corrected chi connectivity index (χ4v) is 5.88. The van der Waals surface area contributed by atoms with Gasteiger partial charge in [0.05, 0.1) is 33.5 Å². The highest BCUT2D eigenvalue weighted by atomic mass is 16.1. The number of rotatable bonds is 6. The lowest BCUT2D eigenvalue weighted by atomic mass is 10.0. The Labute approximate surface area is 235 Å². The Hall–Kier alpha value is -4.76. The van der Waals surface area contributed by atoms with E-state index in [1.165, 1.54) is 5.56 Å². The number of piperidine rings is 1. The van der Waals surface area contributed by atoms with E-state index in [9.17, 15) is 9.59 Å². The number of aromatic nitrogens is 6. The van der Waals surface area contributed by atoms with E-state index >= 15 is 0 Å². The van der Waals surface area contributed by atoms with Crippen molar-refractivity contribution in [1.29, 1.82) is 0 Å². The molecule has 7 rings (SSSR count). The molecule has 3 aromatic heterocycles. The summed E-state index contributed by atoms with van der Waals surface area (Å²) in [5.41, 5.74) is 8.44. The van der Waals surface area contributed by atoms with Gasteiger partial charge in [-0.15, -0.1) is 0 Å². The second-order valence-electron chi connectivity index (χ2n) is 10.8. The molecule has 0 unspecified atom stereocenters. The fourth-order valence-electron chi connectivity index (χ4n) is 5.88. The molecule has 41 heavy (non-hydrogen) atoms. The van der Waals surface area contributed by atoms with Crippen LogP contribution in [0.5, 0.6) is 0 Å². The van der Waals surface area contributed by atoms with Crippen molar-refractivity contribution in [3.05, 3.63) is 105 Å². The first kappa shape index (κ1) is 25.2. The Kier molecular flexibility index (Phi) is 6.36. The van der Waals surface area contributed by atoms with Crippen LogP contribution in [0.3, 0.4) is 0 Å². The molecule has 1 saturated heterocycles. The molecule has 9 nitrogen and oxygen atoms in total. The summed E-state index contributed by atoms with van der Waals surface area (Å²) in [6.07, 6.45) is 4.75. The molecule has 3 aromatic carbocycles. The van der Waals surface area contributed by atoms with E-state index in [0.717, 1.165) is 78.1 Å². The van der Waals surface area contributed by atoms with Crippen molar-refractivity contribution in [3.8, 4) is 22.5 Å². The maximum Gasteiger partial charge on any atom is 0.325 e. The van der Waals surface area contributed by atoms with E-state index in [4.69, 9.17) is 9.97 Å². The predicted octanol–water partition coefficient (Wildman–Crippen LogP) is 5.02. The number of fused-ring (bicyclic) bond motifs is 2. The second kappa shape index (κ2) is 10.3. The number of nitrogens with zero attached hydrogens (tertiary/aromatic N) is 4. The van der Waals surface area contributed by atoms with Crippen LogP contribution in [0, 0.1) is 0 Å². The van der Waals surface area contributed by atoms with Crippen LogP contribution in [0.25, 0.3) is 44.6 Å². The van der Waals surface area contributed by atoms with Crippen LogP contribution in [0.4, 0.5) is 0 Å².